The number of oxazole rings is 1. The number of hydrogen-bond donors (Lipinski definition) is 1. The third kappa shape index (κ3) is 1.75. The average Bonchev–Trinajstić information content (AvgIpc) is 2.86. The summed E-state index contributed by atoms with van der Waals surface area (Å²) in [6.45, 7) is 0.732. The van der Waals surface area contributed by atoms with Gasteiger partial charge in [-0.05, 0) is 30.5 Å². The number of nitrogens with zero attached hydrogens (tertiary/aromatic N) is 1. The molecule has 2 N–H and O–H groups in total. The molecule has 1 aromatic heterocycles. The summed E-state index contributed by atoms with van der Waals surface area (Å²) in [5.74, 6) is 0. The predicted molar refractivity (Wildman–Crippen MR) is 67.8 cm³/mol. The van der Waals surface area contributed by atoms with Crippen molar-refractivity contribution in [3.8, 4) is 0 Å². The Morgan fingerprint density at radius 1 is 1.24 bits per heavy atom. The second-order valence-electron chi connectivity index (χ2n) is 5.08. The molecular weight excluding hydrogens is 212 g/mol. The molecule has 90 valence electrons. The van der Waals surface area contributed by atoms with Gasteiger partial charge in [0.1, 0.15) is 5.52 Å². The average molecular weight is 230 g/mol. The fourth-order valence-electron chi connectivity index (χ4n) is 3.03. The fraction of sp³-hybridized carbons (Fsp3) is 0.500. The van der Waals surface area contributed by atoms with Crippen LogP contribution in [0.25, 0.3) is 11.1 Å². The molecule has 3 nitrogen and oxygen atoms in total. The first kappa shape index (κ1) is 10.8. The molecule has 2 aromatic rings. The highest BCUT2D eigenvalue weighted by Gasteiger charge is 2.32. The van der Waals surface area contributed by atoms with E-state index in [-0.39, 0.29) is 5.41 Å². The van der Waals surface area contributed by atoms with Gasteiger partial charge in [-0.15, -0.1) is 0 Å². The molecule has 1 aliphatic rings. The van der Waals surface area contributed by atoms with Gasteiger partial charge < -0.3 is 10.2 Å². The van der Waals surface area contributed by atoms with Crippen LogP contribution in [0.5, 0.6) is 0 Å². The topological polar surface area (TPSA) is 52.0 Å². The van der Waals surface area contributed by atoms with Crippen molar-refractivity contribution in [3.05, 3.63) is 30.2 Å². The molecule has 0 bridgehead atoms. The van der Waals surface area contributed by atoms with Gasteiger partial charge in [-0.3, -0.25) is 0 Å². The Kier molecular flexibility index (Phi) is 2.63. The summed E-state index contributed by atoms with van der Waals surface area (Å²) >= 11 is 0. The maximum absolute atomic E-state index is 6.05. The van der Waals surface area contributed by atoms with E-state index in [1.165, 1.54) is 44.1 Å². The van der Waals surface area contributed by atoms with Crippen LogP contribution in [-0.4, -0.2) is 11.5 Å². The molecule has 1 aliphatic carbocycles. The van der Waals surface area contributed by atoms with E-state index in [1.54, 1.807) is 0 Å². The minimum atomic E-state index is 0.172. The monoisotopic (exact) mass is 230 g/mol. The second-order valence-corrected chi connectivity index (χ2v) is 5.08. The van der Waals surface area contributed by atoms with Gasteiger partial charge in [0.15, 0.2) is 12.0 Å². The normalized spacial score (nSPS) is 19.6. The van der Waals surface area contributed by atoms with Gasteiger partial charge in [0.25, 0.3) is 0 Å². The van der Waals surface area contributed by atoms with Gasteiger partial charge >= 0.3 is 0 Å². The minimum absolute atomic E-state index is 0.172. The largest absolute Gasteiger partial charge is 0.443 e. The highest BCUT2D eigenvalue weighted by molar-refractivity contribution is 5.73. The van der Waals surface area contributed by atoms with E-state index in [1.807, 2.05) is 6.07 Å². The van der Waals surface area contributed by atoms with E-state index >= 15 is 0 Å². The number of rotatable bonds is 2. The number of fused-ring (bicyclic) bond motifs is 1. The first-order valence-electron chi connectivity index (χ1n) is 6.38. The van der Waals surface area contributed by atoms with E-state index in [0.29, 0.717) is 0 Å². The Morgan fingerprint density at radius 3 is 2.82 bits per heavy atom. The van der Waals surface area contributed by atoms with E-state index in [2.05, 4.69) is 17.1 Å². The summed E-state index contributed by atoms with van der Waals surface area (Å²) in [6, 6.07) is 6.33. The molecule has 1 aromatic carbocycles. The molecule has 0 atom stereocenters. The quantitative estimate of drug-likeness (QED) is 0.862. The lowest BCUT2D eigenvalue weighted by Crippen LogP contribution is -2.37. The summed E-state index contributed by atoms with van der Waals surface area (Å²) in [7, 11) is 0. The molecule has 0 radical (unpaired) electrons. The third-order valence-electron chi connectivity index (χ3n) is 4.14. The molecule has 0 aliphatic heterocycles. The predicted octanol–water partition coefficient (Wildman–Crippen LogP) is 2.99. The van der Waals surface area contributed by atoms with Gasteiger partial charge in [-0.2, -0.15) is 0 Å². The lowest BCUT2D eigenvalue weighted by molar-refractivity contribution is 0.301. The molecule has 0 saturated heterocycles. The van der Waals surface area contributed by atoms with E-state index < -0.39 is 0 Å². The Labute approximate surface area is 101 Å². The zero-order valence-corrected chi connectivity index (χ0v) is 9.98. The van der Waals surface area contributed by atoms with Gasteiger partial charge in [0.05, 0.1) is 0 Å². The smallest absolute Gasteiger partial charge is 0.181 e. The zero-order chi connectivity index (χ0) is 11.7. The van der Waals surface area contributed by atoms with Crippen LogP contribution in [0, 0.1) is 0 Å². The summed E-state index contributed by atoms with van der Waals surface area (Å²) in [4.78, 5) is 4.23. The second kappa shape index (κ2) is 4.15. The number of aromatic nitrogens is 1. The van der Waals surface area contributed by atoms with Crippen molar-refractivity contribution >= 4 is 11.1 Å². The van der Waals surface area contributed by atoms with Crippen molar-refractivity contribution in [2.75, 3.05) is 6.54 Å². The van der Waals surface area contributed by atoms with Crippen molar-refractivity contribution in [2.45, 2.75) is 37.5 Å². The molecule has 0 unspecified atom stereocenters. The van der Waals surface area contributed by atoms with Crippen LogP contribution in [0.4, 0.5) is 0 Å². The summed E-state index contributed by atoms with van der Waals surface area (Å²) in [5.41, 5.74) is 9.36. The van der Waals surface area contributed by atoms with Crippen molar-refractivity contribution in [3.63, 3.8) is 0 Å². The summed E-state index contributed by atoms with van der Waals surface area (Å²) in [5, 5.41) is 0. The first-order valence-corrected chi connectivity index (χ1v) is 6.38. The van der Waals surface area contributed by atoms with Crippen molar-refractivity contribution in [1.82, 2.24) is 4.98 Å². The van der Waals surface area contributed by atoms with Gasteiger partial charge in [0.2, 0.25) is 0 Å². The maximum Gasteiger partial charge on any atom is 0.181 e. The lowest BCUT2D eigenvalue weighted by Gasteiger charge is -2.36. The van der Waals surface area contributed by atoms with Gasteiger partial charge in [-0.1, -0.05) is 25.3 Å². The molecule has 0 spiro atoms. The van der Waals surface area contributed by atoms with Crippen LogP contribution in [0.3, 0.4) is 0 Å². The van der Waals surface area contributed by atoms with Crippen LogP contribution in [-0.2, 0) is 5.41 Å². The Morgan fingerprint density at radius 2 is 2.06 bits per heavy atom. The van der Waals surface area contributed by atoms with Crippen LogP contribution in [0.15, 0.2) is 29.0 Å². The summed E-state index contributed by atoms with van der Waals surface area (Å²) in [6.07, 6.45) is 7.82. The fourth-order valence-corrected chi connectivity index (χ4v) is 3.03. The highest BCUT2D eigenvalue weighted by atomic mass is 16.3. The van der Waals surface area contributed by atoms with Crippen LogP contribution in [0.1, 0.15) is 37.7 Å². The standard InChI is InChI=1S/C14H18N2O/c15-9-14(6-2-1-3-7-14)11-4-5-13-12(8-11)16-10-17-13/h4-5,8,10H,1-3,6-7,9,15H2. The Hall–Kier alpha value is -1.35. The number of benzene rings is 1. The van der Waals surface area contributed by atoms with E-state index in [0.717, 1.165) is 17.6 Å². The molecule has 3 rings (SSSR count). The molecule has 1 saturated carbocycles. The molecule has 17 heavy (non-hydrogen) atoms. The minimum Gasteiger partial charge on any atom is -0.443 e. The zero-order valence-electron chi connectivity index (χ0n) is 9.98. The van der Waals surface area contributed by atoms with Crippen molar-refractivity contribution < 1.29 is 4.42 Å². The van der Waals surface area contributed by atoms with Crippen molar-refractivity contribution in [1.29, 1.82) is 0 Å². The first-order chi connectivity index (χ1) is 8.34. The molecule has 3 heteroatoms. The number of nitrogens with two attached hydrogens (primary N) is 1. The Bertz CT molecular complexity index is 512. The van der Waals surface area contributed by atoms with E-state index in [9.17, 15) is 0 Å². The molecule has 1 fully saturated rings. The van der Waals surface area contributed by atoms with Crippen LogP contribution < -0.4 is 5.73 Å². The van der Waals surface area contributed by atoms with Crippen molar-refractivity contribution in [2.24, 2.45) is 5.73 Å². The van der Waals surface area contributed by atoms with E-state index in [4.69, 9.17) is 10.2 Å². The molecule has 0 amide bonds. The summed E-state index contributed by atoms with van der Waals surface area (Å²) < 4.78 is 5.28. The van der Waals surface area contributed by atoms with Gasteiger partial charge in [0, 0.05) is 12.0 Å². The molecule has 1 heterocycles. The third-order valence-corrected chi connectivity index (χ3v) is 4.14. The Balaban J connectivity index is 2.04. The number of hydrogen-bond acceptors (Lipinski definition) is 3. The lowest BCUT2D eigenvalue weighted by atomic mass is 9.69. The van der Waals surface area contributed by atoms with Crippen LogP contribution >= 0.6 is 0 Å². The van der Waals surface area contributed by atoms with Gasteiger partial charge in [-0.25, -0.2) is 4.98 Å². The maximum atomic E-state index is 6.05. The molecular formula is C14H18N2O. The van der Waals surface area contributed by atoms with Crippen LogP contribution in [0.2, 0.25) is 0 Å². The highest BCUT2D eigenvalue weighted by Crippen LogP contribution is 2.39. The SMILES string of the molecule is NCC1(c2ccc3ocnc3c2)CCCCC1.